The van der Waals surface area contributed by atoms with Gasteiger partial charge in [-0.3, -0.25) is 4.79 Å². The predicted molar refractivity (Wildman–Crippen MR) is 118 cm³/mol. The van der Waals surface area contributed by atoms with Gasteiger partial charge in [-0.15, -0.1) is 0 Å². The van der Waals surface area contributed by atoms with Gasteiger partial charge in [-0.1, -0.05) is 18.2 Å². The minimum absolute atomic E-state index is 0.0248. The average molecular weight is 435 g/mol. The van der Waals surface area contributed by atoms with Crippen LogP contribution in [0.3, 0.4) is 0 Å². The van der Waals surface area contributed by atoms with E-state index < -0.39 is 23.6 Å². The maximum atomic E-state index is 14.3. The van der Waals surface area contributed by atoms with Crippen molar-refractivity contribution in [1.29, 1.82) is 0 Å². The molecule has 0 amide bonds. The number of carboxylic acids is 1. The van der Waals surface area contributed by atoms with Gasteiger partial charge in [0, 0.05) is 23.4 Å². The molecule has 0 fully saturated rings. The van der Waals surface area contributed by atoms with E-state index in [1.54, 1.807) is 31.2 Å². The van der Waals surface area contributed by atoms with Crippen molar-refractivity contribution in [3.8, 4) is 11.3 Å². The van der Waals surface area contributed by atoms with Crippen LogP contribution in [0, 0.1) is 18.6 Å². The van der Waals surface area contributed by atoms with Crippen LogP contribution in [0.2, 0.25) is 0 Å². The summed E-state index contributed by atoms with van der Waals surface area (Å²) in [7, 11) is 0. The molecule has 0 aliphatic heterocycles. The third-order valence-electron chi connectivity index (χ3n) is 5.19. The molecule has 2 N–H and O–H groups in total. The number of hydrogen-bond donors (Lipinski definition) is 2. The molecule has 0 saturated heterocycles. The van der Waals surface area contributed by atoms with Gasteiger partial charge in [0.2, 0.25) is 0 Å². The van der Waals surface area contributed by atoms with Crippen molar-refractivity contribution in [2.45, 2.75) is 19.9 Å². The molecular weight excluding hydrogens is 416 g/mol. The molecule has 0 spiro atoms. The first-order chi connectivity index (χ1) is 15.2. The summed E-state index contributed by atoms with van der Waals surface area (Å²) >= 11 is 0. The van der Waals surface area contributed by atoms with E-state index in [1.807, 2.05) is 13.0 Å². The number of para-hydroxylation sites is 1. The van der Waals surface area contributed by atoms with Gasteiger partial charge in [0.25, 0.3) is 0 Å². The Kier molecular flexibility index (Phi) is 5.48. The molecule has 0 bridgehead atoms. The van der Waals surface area contributed by atoms with E-state index in [0.29, 0.717) is 16.6 Å². The number of nitrogens with one attached hydrogen (secondary N) is 1. The molecule has 0 saturated carbocycles. The van der Waals surface area contributed by atoms with Crippen LogP contribution in [0.1, 0.15) is 34.5 Å². The Bertz CT molecular complexity index is 1410. The second-order valence-corrected chi connectivity index (χ2v) is 7.55. The zero-order valence-electron chi connectivity index (χ0n) is 17.3. The fourth-order valence-corrected chi connectivity index (χ4v) is 3.68. The van der Waals surface area contributed by atoms with E-state index in [2.05, 4.69) is 5.32 Å². The standard InChI is InChI=1S/C25H19F2NO4/c1-13-9-18(14(2)28-21-6-4-3-5-17(21)25(30)31)24-19(10-13)22(29)12-23(32-24)16-8-7-15(26)11-20(16)27/h3-12,14,28H,1-2H3,(H,30,31). The largest absolute Gasteiger partial charge is 0.478 e. The minimum atomic E-state index is -1.07. The monoisotopic (exact) mass is 435 g/mol. The number of anilines is 1. The van der Waals surface area contributed by atoms with Gasteiger partial charge in [-0.05, 0) is 49.7 Å². The summed E-state index contributed by atoms with van der Waals surface area (Å²) < 4.78 is 33.6. The third kappa shape index (κ3) is 3.97. The van der Waals surface area contributed by atoms with E-state index in [-0.39, 0.29) is 27.9 Å². The fourth-order valence-electron chi connectivity index (χ4n) is 3.68. The van der Waals surface area contributed by atoms with Crippen LogP contribution in [0.5, 0.6) is 0 Å². The maximum Gasteiger partial charge on any atom is 0.337 e. The molecular formula is C25H19F2NO4. The molecule has 162 valence electrons. The van der Waals surface area contributed by atoms with Gasteiger partial charge in [-0.25, -0.2) is 13.6 Å². The van der Waals surface area contributed by atoms with Crippen molar-refractivity contribution in [1.82, 2.24) is 0 Å². The van der Waals surface area contributed by atoms with Crippen molar-refractivity contribution >= 4 is 22.6 Å². The van der Waals surface area contributed by atoms with Crippen molar-refractivity contribution < 1.29 is 23.1 Å². The summed E-state index contributed by atoms with van der Waals surface area (Å²) in [6.07, 6.45) is 0. The number of hydrogen-bond acceptors (Lipinski definition) is 4. The number of aromatic carboxylic acids is 1. The van der Waals surface area contributed by atoms with E-state index in [4.69, 9.17) is 4.42 Å². The lowest BCUT2D eigenvalue weighted by atomic mass is 10.00. The summed E-state index contributed by atoms with van der Waals surface area (Å²) in [5.41, 5.74) is 1.76. The number of carbonyl (C=O) groups is 1. The van der Waals surface area contributed by atoms with Crippen molar-refractivity contribution in [3.05, 3.63) is 99.2 Å². The zero-order chi connectivity index (χ0) is 23.0. The molecule has 4 rings (SSSR count). The molecule has 5 nitrogen and oxygen atoms in total. The van der Waals surface area contributed by atoms with Gasteiger partial charge in [0.1, 0.15) is 23.0 Å². The van der Waals surface area contributed by atoms with Gasteiger partial charge in [0.15, 0.2) is 5.43 Å². The summed E-state index contributed by atoms with van der Waals surface area (Å²) in [5.74, 6) is -2.68. The van der Waals surface area contributed by atoms with Gasteiger partial charge >= 0.3 is 5.97 Å². The van der Waals surface area contributed by atoms with Crippen molar-refractivity contribution in [3.63, 3.8) is 0 Å². The first-order valence-electron chi connectivity index (χ1n) is 9.87. The van der Waals surface area contributed by atoms with E-state index >= 15 is 0 Å². The molecule has 4 aromatic rings. The summed E-state index contributed by atoms with van der Waals surface area (Å²) in [5, 5.41) is 12.9. The number of rotatable bonds is 5. The van der Waals surface area contributed by atoms with Crippen molar-refractivity contribution in [2.75, 3.05) is 5.32 Å². The average Bonchev–Trinajstić information content (AvgIpc) is 2.74. The van der Waals surface area contributed by atoms with Crippen LogP contribution < -0.4 is 10.7 Å². The smallest absolute Gasteiger partial charge is 0.337 e. The molecule has 1 heterocycles. The second-order valence-electron chi connectivity index (χ2n) is 7.55. The Morgan fingerprint density at radius 2 is 1.81 bits per heavy atom. The van der Waals surface area contributed by atoms with E-state index in [0.717, 1.165) is 17.7 Å². The molecule has 3 aromatic carbocycles. The molecule has 7 heteroatoms. The van der Waals surface area contributed by atoms with Crippen LogP contribution >= 0.6 is 0 Å². The Balaban J connectivity index is 1.87. The lowest BCUT2D eigenvalue weighted by molar-refractivity contribution is 0.0698. The number of benzene rings is 3. The summed E-state index contributed by atoms with van der Waals surface area (Å²) in [6.45, 7) is 3.63. The summed E-state index contributed by atoms with van der Waals surface area (Å²) in [4.78, 5) is 24.4. The lowest BCUT2D eigenvalue weighted by Crippen LogP contribution is -2.12. The highest BCUT2D eigenvalue weighted by atomic mass is 19.1. The fraction of sp³-hybridized carbons (Fsp3) is 0.120. The molecule has 1 aromatic heterocycles. The zero-order valence-corrected chi connectivity index (χ0v) is 17.3. The second kappa shape index (κ2) is 8.26. The normalized spacial score (nSPS) is 12.0. The number of aryl methyl sites for hydroxylation is 1. The molecule has 0 aliphatic carbocycles. The highest BCUT2D eigenvalue weighted by molar-refractivity contribution is 5.94. The maximum absolute atomic E-state index is 14.3. The topological polar surface area (TPSA) is 79.5 Å². The minimum Gasteiger partial charge on any atom is -0.478 e. The van der Waals surface area contributed by atoms with Crippen LogP contribution in [0.15, 0.2) is 69.9 Å². The van der Waals surface area contributed by atoms with Crippen molar-refractivity contribution in [2.24, 2.45) is 0 Å². The highest BCUT2D eigenvalue weighted by Crippen LogP contribution is 2.32. The Morgan fingerprint density at radius 3 is 2.53 bits per heavy atom. The first kappa shape index (κ1) is 21.2. The lowest BCUT2D eigenvalue weighted by Gasteiger charge is -2.19. The number of carboxylic acid groups (broad SMARTS) is 1. The first-order valence-corrected chi connectivity index (χ1v) is 9.87. The van der Waals surface area contributed by atoms with Crippen LogP contribution in [-0.4, -0.2) is 11.1 Å². The summed E-state index contributed by atoms with van der Waals surface area (Å²) in [6, 6.07) is 13.7. The third-order valence-corrected chi connectivity index (χ3v) is 5.19. The SMILES string of the molecule is Cc1cc(C(C)Nc2ccccc2C(=O)O)c2oc(-c3ccc(F)cc3F)cc(=O)c2c1. The Hall–Kier alpha value is -4.00. The Labute approximate surface area is 181 Å². The molecule has 1 atom stereocenters. The van der Waals surface area contributed by atoms with E-state index in [1.165, 1.54) is 18.2 Å². The number of halogens is 2. The van der Waals surface area contributed by atoms with Crippen LogP contribution in [0.4, 0.5) is 14.5 Å². The Morgan fingerprint density at radius 1 is 1.06 bits per heavy atom. The molecule has 0 radical (unpaired) electrons. The molecule has 0 aliphatic rings. The van der Waals surface area contributed by atoms with Gasteiger partial charge in [0.05, 0.1) is 22.6 Å². The quantitative estimate of drug-likeness (QED) is 0.407. The van der Waals surface area contributed by atoms with E-state index in [9.17, 15) is 23.5 Å². The molecule has 1 unspecified atom stereocenters. The van der Waals surface area contributed by atoms with Crippen LogP contribution in [-0.2, 0) is 0 Å². The predicted octanol–water partition coefficient (Wildman–Crippen LogP) is 5.92. The van der Waals surface area contributed by atoms with Gasteiger partial charge in [-0.2, -0.15) is 0 Å². The van der Waals surface area contributed by atoms with Crippen LogP contribution in [0.25, 0.3) is 22.3 Å². The molecule has 32 heavy (non-hydrogen) atoms. The highest BCUT2D eigenvalue weighted by Gasteiger charge is 2.19. The number of fused-ring (bicyclic) bond motifs is 1. The van der Waals surface area contributed by atoms with Gasteiger partial charge < -0.3 is 14.8 Å².